The van der Waals surface area contributed by atoms with Crippen LogP contribution in [0.25, 0.3) is 11.1 Å². The summed E-state index contributed by atoms with van der Waals surface area (Å²) in [6.45, 7) is 2.20. The molecule has 0 saturated carbocycles. The lowest BCUT2D eigenvalue weighted by molar-refractivity contribution is 0.542. The van der Waals surface area contributed by atoms with Gasteiger partial charge >= 0.3 is 0 Å². The first-order valence-electron chi connectivity index (χ1n) is 9.87. The van der Waals surface area contributed by atoms with Crippen molar-refractivity contribution in [2.24, 2.45) is 0 Å². The Morgan fingerprint density at radius 1 is 0.800 bits per heavy atom. The van der Waals surface area contributed by atoms with Gasteiger partial charge in [0.2, 0.25) is 0 Å². The maximum atomic E-state index is 14.1. The summed E-state index contributed by atoms with van der Waals surface area (Å²) in [6, 6.07) is 18.0. The number of nitrogens with zero attached hydrogens (tertiary/aromatic N) is 1. The van der Waals surface area contributed by atoms with Crippen LogP contribution < -0.4 is 0 Å². The van der Waals surface area contributed by atoms with Crippen LogP contribution in [0.3, 0.4) is 0 Å². The van der Waals surface area contributed by atoms with Crippen LogP contribution in [-0.4, -0.2) is 0 Å². The highest BCUT2D eigenvalue weighted by Gasteiger charge is 2.12. The van der Waals surface area contributed by atoms with E-state index in [-0.39, 0.29) is 4.90 Å². The Hall–Kier alpha value is -3.08. The van der Waals surface area contributed by atoms with Gasteiger partial charge in [-0.1, -0.05) is 55.9 Å². The summed E-state index contributed by atoms with van der Waals surface area (Å²) in [5.74, 6) is 4.80. The fourth-order valence-corrected chi connectivity index (χ4v) is 3.50. The molecule has 1 nitrogen and oxygen atoms in total. The summed E-state index contributed by atoms with van der Waals surface area (Å²) >= 11 is 0.482. The summed E-state index contributed by atoms with van der Waals surface area (Å²) in [5.41, 5.74) is 4.21. The van der Waals surface area contributed by atoms with Crippen molar-refractivity contribution in [3.05, 3.63) is 89.0 Å². The Morgan fingerprint density at radius 3 is 1.90 bits per heavy atom. The molecule has 0 aliphatic heterocycles. The van der Waals surface area contributed by atoms with Crippen molar-refractivity contribution < 1.29 is 8.78 Å². The van der Waals surface area contributed by atoms with Crippen LogP contribution in [0.2, 0.25) is 0 Å². The Kier molecular flexibility index (Phi) is 7.66. The zero-order chi connectivity index (χ0) is 21.3. The smallest absolute Gasteiger partial charge is 0.141 e. The molecule has 0 amide bonds. The summed E-state index contributed by atoms with van der Waals surface area (Å²) in [7, 11) is 0. The van der Waals surface area contributed by atoms with E-state index in [1.807, 2.05) is 24.3 Å². The Balaban J connectivity index is 1.71. The van der Waals surface area contributed by atoms with E-state index in [4.69, 9.17) is 5.26 Å². The molecule has 150 valence electrons. The van der Waals surface area contributed by atoms with Gasteiger partial charge in [0, 0.05) is 11.1 Å². The lowest BCUT2D eigenvalue weighted by atomic mass is 10.0. The molecule has 0 radical (unpaired) electrons. The Labute approximate surface area is 180 Å². The maximum absolute atomic E-state index is 14.1. The number of rotatable bonds is 6. The highest BCUT2D eigenvalue weighted by molar-refractivity contribution is 8.03. The molecule has 0 heterocycles. The van der Waals surface area contributed by atoms with E-state index in [1.54, 1.807) is 17.5 Å². The molecule has 30 heavy (non-hydrogen) atoms. The van der Waals surface area contributed by atoms with Crippen molar-refractivity contribution >= 4 is 11.8 Å². The number of unbranched alkanes of at least 4 members (excludes halogenated alkanes) is 2. The summed E-state index contributed by atoms with van der Waals surface area (Å²) in [6.07, 6.45) is 4.78. The minimum absolute atomic E-state index is 0.278. The normalized spacial score (nSPS) is 10.2. The predicted molar refractivity (Wildman–Crippen MR) is 119 cm³/mol. The molecule has 0 saturated heterocycles. The fourth-order valence-electron chi connectivity index (χ4n) is 3.09. The zero-order valence-electron chi connectivity index (χ0n) is 16.7. The summed E-state index contributed by atoms with van der Waals surface area (Å²) in [5, 5.41) is 10.3. The van der Waals surface area contributed by atoms with Gasteiger partial charge in [0.25, 0.3) is 0 Å². The highest BCUT2D eigenvalue weighted by atomic mass is 32.2. The topological polar surface area (TPSA) is 23.8 Å². The SMILES string of the molecule is CCCCCc1ccc(C#Cc2ccc(-c3cc(F)c(SC#N)c(F)c3)cc2)cc1. The molecule has 3 aromatic carbocycles. The van der Waals surface area contributed by atoms with Gasteiger partial charge in [0.1, 0.15) is 17.0 Å². The molecule has 4 heteroatoms. The lowest BCUT2D eigenvalue weighted by Gasteiger charge is -2.06. The first-order chi connectivity index (χ1) is 14.6. The van der Waals surface area contributed by atoms with Gasteiger partial charge in [-0.2, -0.15) is 5.26 Å². The molecule has 0 unspecified atom stereocenters. The standard InChI is InChI=1S/C26H21F2NS/c1-2-3-4-5-19-6-8-20(9-7-19)10-11-21-12-14-22(15-13-21)23-16-24(27)26(30-18-29)25(28)17-23/h6-9,12-17H,2-5H2,1H3. The number of nitriles is 1. The molecule has 0 aliphatic rings. The zero-order valence-corrected chi connectivity index (χ0v) is 17.5. The number of thioether (sulfide) groups is 1. The van der Waals surface area contributed by atoms with Crippen LogP contribution in [0.4, 0.5) is 8.78 Å². The summed E-state index contributed by atoms with van der Waals surface area (Å²) in [4.78, 5) is -0.278. The lowest BCUT2D eigenvalue weighted by Crippen LogP contribution is -1.90. The molecule has 3 rings (SSSR count). The number of benzene rings is 3. The second-order valence-corrected chi connectivity index (χ2v) is 7.74. The molecule has 0 N–H and O–H groups in total. The minimum atomic E-state index is -0.737. The van der Waals surface area contributed by atoms with E-state index < -0.39 is 11.6 Å². The average Bonchev–Trinajstić information content (AvgIpc) is 2.76. The number of hydrogen-bond donors (Lipinski definition) is 0. The molecule has 3 aromatic rings. The average molecular weight is 418 g/mol. The molecule has 0 aliphatic carbocycles. The third-order valence-corrected chi connectivity index (χ3v) is 5.42. The van der Waals surface area contributed by atoms with E-state index in [0.29, 0.717) is 22.9 Å². The molecule has 0 bridgehead atoms. The second kappa shape index (κ2) is 10.6. The fraction of sp³-hybridized carbons (Fsp3) is 0.192. The molecule has 0 spiro atoms. The van der Waals surface area contributed by atoms with Crippen molar-refractivity contribution in [1.29, 1.82) is 5.26 Å². The monoisotopic (exact) mass is 417 g/mol. The highest BCUT2D eigenvalue weighted by Crippen LogP contribution is 2.30. The van der Waals surface area contributed by atoms with Crippen LogP contribution in [0, 0.1) is 34.1 Å². The number of halogens is 2. The van der Waals surface area contributed by atoms with Gasteiger partial charge in [0.15, 0.2) is 0 Å². The van der Waals surface area contributed by atoms with Crippen LogP contribution >= 0.6 is 11.8 Å². The van der Waals surface area contributed by atoms with Gasteiger partial charge in [-0.3, -0.25) is 0 Å². The van der Waals surface area contributed by atoms with Crippen LogP contribution in [-0.2, 0) is 6.42 Å². The van der Waals surface area contributed by atoms with Gasteiger partial charge in [-0.05, 0) is 77.7 Å². The van der Waals surface area contributed by atoms with E-state index in [1.165, 1.54) is 37.0 Å². The predicted octanol–water partition coefficient (Wildman–Crippen LogP) is 7.34. The van der Waals surface area contributed by atoms with E-state index in [0.717, 1.165) is 17.5 Å². The molecular weight excluding hydrogens is 396 g/mol. The van der Waals surface area contributed by atoms with E-state index in [2.05, 4.69) is 30.9 Å². The number of hydrogen-bond acceptors (Lipinski definition) is 2. The second-order valence-electron chi connectivity index (χ2n) is 6.94. The third-order valence-electron chi connectivity index (χ3n) is 4.74. The van der Waals surface area contributed by atoms with E-state index >= 15 is 0 Å². The first-order valence-corrected chi connectivity index (χ1v) is 10.7. The Morgan fingerprint density at radius 2 is 1.37 bits per heavy atom. The number of thiocyanates is 1. The number of aryl methyl sites for hydroxylation is 1. The Bertz CT molecular complexity index is 1080. The van der Waals surface area contributed by atoms with Gasteiger partial charge in [-0.15, -0.1) is 0 Å². The van der Waals surface area contributed by atoms with E-state index in [9.17, 15) is 8.78 Å². The van der Waals surface area contributed by atoms with Crippen molar-refractivity contribution in [3.63, 3.8) is 0 Å². The molecule has 0 fully saturated rings. The van der Waals surface area contributed by atoms with Crippen molar-refractivity contribution in [3.8, 4) is 28.4 Å². The summed E-state index contributed by atoms with van der Waals surface area (Å²) < 4.78 is 28.1. The largest absolute Gasteiger partial charge is 0.206 e. The van der Waals surface area contributed by atoms with Gasteiger partial charge in [-0.25, -0.2) is 8.78 Å². The van der Waals surface area contributed by atoms with Crippen LogP contribution in [0.5, 0.6) is 0 Å². The van der Waals surface area contributed by atoms with Gasteiger partial charge in [0.05, 0.1) is 4.90 Å². The van der Waals surface area contributed by atoms with Crippen molar-refractivity contribution in [2.45, 2.75) is 37.5 Å². The first kappa shape index (κ1) is 21.6. The maximum Gasteiger partial charge on any atom is 0.141 e. The molecular formula is C26H21F2NS. The van der Waals surface area contributed by atoms with Crippen LogP contribution in [0.1, 0.15) is 42.9 Å². The van der Waals surface area contributed by atoms with Crippen molar-refractivity contribution in [1.82, 2.24) is 0 Å². The minimum Gasteiger partial charge on any atom is -0.206 e. The van der Waals surface area contributed by atoms with Crippen LogP contribution in [0.15, 0.2) is 65.6 Å². The molecule has 0 aromatic heterocycles. The van der Waals surface area contributed by atoms with Crippen molar-refractivity contribution in [2.75, 3.05) is 0 Å². The van der Waals surface area contributed by atoms with Gasteiger partial charge < -0.3 is 0 Å². The quantitative estimate of drug-likeness (QED) is 0.181. The molecule has 0 atom stereocenters. The third kappa shape index (κ3) is 5.72.